The molecule has 0 aliphatic heterocycles. The number of carbonyl (C=O) groups is 1. The van der Waals surface area contributed by atoms with Gasteiger partial charge in [0.15, 0.2) is 0 Å². The summed E-state index contributed by atoms with van der Waals surface area (Å²) in [7, 11) is 0. The summed E-state index contributed by atoms with van der Waals surface area (Å²) in [6, 6.07) is 17.3. The highest BCUT2D eigenvalue weighted by Crippen LogP contribution is 2.26. The number of benzene rings is 2. The number of nitrogens with zero attached hydrogens (tertiary/aromatic N) is 4. The van der Waals surface area contributed by atoms with Crippen LogP contribution in [0.1, 0.15) is 22.0 Å². The van der Waals surface area contributed by atoms with E-state index in [0.29, 0.717) is 5.82 Å². The van der Waals surface area contributed by atoms with Crippen molar-refractivity contribution in [1.82, 2.24) is 25.5 Å². The quantitative estimate of drug-likeness (QED) is 0.528. The third-order valence-corrected chi connectivity index (χ3v) is 5.32. The van der Waals surface area contributed by atoms with Gasteiger partial charge in [-0.25, -0.2) is 4.39 Å². The van der Waals surface area contributed by atoms with Crippen LogP contribution in [0.15, 0.2) is 66.0 Å². The molecule has 0 radical (unpaired) electrons. The Balaban J connectivity index is 1.48. The van der Waals surface area contributed by atoms with Crippen molar-refractivity contribution in [2.24, 2.45) is 0 Å². The molecule has 4 rings (SSSR count). The van der Waals surface area contributed by atoms with Crippen molar-refractivity contribution in [1.29, 1.82) is 0 Å². The average molecular weight is 407 g/mol. The van der Waals surface area contributed by atoms with Crippen molar-refractivity contribution in [3.63, 3.8) is 0 Å². The molecule has 0 bridgehead atoms. The summed E-state index contributed by atoms with van der Waals surface area (Å²) in [4.78, 5) is 14.9. The van der Waals surface area contributed by atoms with E-state index in [-0.39, 0.29) is 24.3 Å². The molecule has 2 aromatic carbocycles. The lowest BCUT2D eigenvalue weighted by molar-refractivity contribution is -0.122. The molecule has 2 aromatic heterocycles. The summed E-state index contributed by atoms with van der Waals surface area (Å²) >= 11 is 1.52. The van der Waals surface area contributed by atoms with E-state index in [1.54, 1.807) is 12.1 Å². The molecule has 0 saturated heterocycles. The zero-order valence-corrected chi connectivity index (χ0v) is 16.4. The standard InChI is InChI=1S/C21H18FN5OS/c1-14-4-6-16(7-5-14)21-24-26-27(25-21)13-19(28)23-20(18-3-2-12-29-18)15-8-10-17(22)11-9-15/h2-12,20H,13H2,1H3,(H,23,28)/t20-/m0/s1. The summed E-state index contributed by atoms with van der Waals surface area (Å²) in [6.45, 7) is 1.94. The third kappa shape index (κ3) is 4.55. The van der Waals surface area contributed by atoms with Gasteiger partial charge in [0.2, 0.25) is 11.7 Å². The van der Waals surface area contributed by atoms with Gasteiger partial charge in [-0.15, -0.1) is 21.5 Å². The van der Waals surface area contributed by atoms with Crippen molar-refractivity contribution in [2.75, 3.05) is 0 Å². The van der Waals surface area contributed by atoms with E-state index >= 15 is 0 Å². The first-order valence-corrected chi connectivity index (χ1v) is 9.89. The van der Waals surface area contributed by atoms with E-state index in [2.05, 4.69) is 20.7 Å². The van der Waals surface area contributed by atoms with Gasteiger partial charge in [0, 0.05) is 10.4 Å². The van der Waals surface area contributed by atoms with Gasteiger partial charge in [-0.2, -0.15) is 4.80 Å². The smallest absolute Gasteiger partial charge is 0.244 e. The molecule has 6 nitrogen and oxygen atoms in total. The van der Waals surface area contributed by atoms with Gasteiger partial charge in [-0.1, -0.05) is 48.0 Å². The van der Waals surface area contributed by atoms with Gasteiger partial charge in [0.1, 0.15) is 12.4 Å². The zero-order valence-electron chi connectivity index (χ0n) is 15.6. The Hall–Kier alpha value is -3.39. The van der Waals surface area contributed by atoms with Crippen LogP contribution >= 0.6 is 11.3 Å². The average Bonchev–Trinajstić information content (AvgIpc) is 3.40. The fourth-order valence-corrected chi connectivity index (χ4v) is 3.70. The molecule has 0 aliphatic rings. The van der Waals surface area contributed by atoms with Crippen LogP contribution in [0.2, 0.25) is 0 Å². The molecule has 2 heterocycles. The minimum absolute atomic E-state index is 0.0675. The summed E-state index contributed by atoms with van der Waals surface area (Å²) in [5, 5.41) is 17.2. The molecule has 1 N–H and O–H groups in total. The highest BCUT2D eigenvalue weighted by Gasteiger charge is 2.19. The number of thiophene rings is 1. The van der Waals surface area contributed by atoms with Gasteiger partial charge in [0.05, 0.1) is 6.04 Å². The Labute approximate surface area is 171 Å². The van der Waals surface area contributed by atoms with Crippen LogP contribution in [0.4, 0.5) is 4.39 Å². The Bertz CT molecular complexity index is 1090. The number of hydrogen-bond acceptors (Lipinski definition) is 5. The van der Waals surface area contributed by atoms with Crippen LogP contribution < -0.4 is 5.32 Å². The number of aromatic nitrogens is 4. The Kier molecular flexibility index (Phi) is 5.44. The van der Waals surface area contributed by atoms with Crippen molar-refractivity contribution in [2.45, 2.75) is 19.5 Å². The van der Waals surface area contributed by atoms with Crippen LogP contribution in [-0.4, -0.2) is 26.1 Å². The van der Waals surface area contributed by atoms with Gasteiger partial charge >= 0.3 is 0 Å². The second-order valence-electron chi connectivity index (χ2n) is 6.58. The fourth-order valence-electron chi connectivity index (χ4n) is 2.89. The number of aryl methyl sites for hydroxylation is 1. The molecule has 0 unspecified atom stereocenters. The molecule has 0 fully saturated rings. The molecule has 4 aromatic rings. The largest absolute Gasteiger partial charge is 0.343 e. The van der Waals surface area contributed by atoms with E-state index in [1.165, 1.54) is 28.3 Å². The molecule has 8 heteroatoms. The first kappa shape index (κ1) is 18.9. The van der Waals surface area contributed by atoms with Crippen LogP contribution in [0, 0.1) is 12.7 Å². The van der Waals surface area contributed by atoms with E-state index in [4.69, 9.17) is 0 Å². The lowest BCUT2D eigenvalue weighted by atomic mass is 10.1. The van der Waals surface area contributed by atoms with E-state index in [0.717, 1.165) is 21.6 Å². The van der Waals surface area contributed by atoms with Crippen molar-refractivity contribution < 1.29 is 9.18 Å². The number of hydrogen-bond donors (Lipinski definition) is 1. The maximum absolute atomic E-state index is 13.3. The second kappa shape index (κ2) is 8.32. The fraction of sp³-hybridized carbons (Fsp3) is 0.143. The first-order chi connectivity index (χ1) is 14.1. The number of tetrazole rings is 1. The Morgan fingerprint density at radius 2 is 1.90 bits per heavy atom. The zero-order chi connectivity index (χ0) is 20.2. The molecule has 1 atom stereocenters. The SMILES string of the molecule is Cc1ccc(-c2nnn(CC(=O)N[C@@H](c3ccc(F)cc3)c3cccs3)n2)cc1. The maximum Gasteiger partial charge on any atom is 0.244 e. The van der Waals surface area contributed by atoms with Crippen LogP contribution in [0.3, 0.4) is 0 Å². The summed E-state index contributed by atoms with van der Waals surface area (Å²) < 4.78 is 13.3. The second-order valence-corrected chi connectivity index (χ2v) is 7.56. The lowest BCUT2D eigenvalue weighted by Crippen LogP contribution is -2.32. The molecule has 0 aliphatic carbocycles. The third-order valence-electron chi connectivity index (χ3n) is 4.38. The molecular formula is C21H18FN5OS. The van der Waals surface area contributed by atoms with Crippen molar-refractivity contribution in [3.05, 3.63) is 87.9 Å². The number of amides is 1. The highest BCUT2D eigenvalue weighted by atomic mass is 32.1. The van der Waals surface area contributed by atoms with Crippen LogP contribution in [0.25, 0.3) is 11.4 Å². The van der Waals surface area contributed by atoms with Crippen LogP contribution in [0.5, 0.6) is 0 Å². The highest BCUT2D eigenvalue weighted by molar-refractivity contribution is 7.10. The molecule has 0 saturated carbocycles. The van der Waals surface area contributed by atoms with E-state index in [1.807, 2.05) is 48.7 Å². The van der Waals surface area contributed by atoms with Crippen molar-refractivity contribution >= 4 is 17.2 Å². The Morgan fingerprint density at radius 1 is 1.14 bits per heavy atom. The monoisotopic (exact) mass is 407 g/mol. The summed E-state index contributed by atoms with van der Waals surface area (Å²) in [6.07, 6.45) is 0. The first-order valence-electron chi connectivity index (χ1n) is 9.01. The minimum Gasteiger partial charge on any atom is -0.343 e. The Morgan fingerprint density at radius 3 is 2.59 bits per heavy atom. The topological polar surface area (TPSA) is 72.7 Å². The number of rotatable bonds is 6. The van der Waals surface area contributed by atoms with E-state index < -0.39 is 0 Å². The summed E-state index contributed by atoms with van der Waals surface area (Å²) in [5.41, 5.74) is 2.78. The number of carbonyl (C=O) groups excluding carboxylic acids is 1. The summed E-state index contributed by atoms with van der Waals surface area (Å²) in [5.74, 6) is -0.118. The van der Waals surface area contributed by atoms with Gasteiger partial charge < -0.3 is 5.32 Å². The maximum atomic E-state index is 13.3. The van der Waals surface area contributed by atoms with Crippen molar-refractivity contribution in [3.8, 4) is 11.4 Å². The molecular weight excluding hydrogens is 389 g/mol. The van der Waals surface area contributed by atoms with Gasteiger partial charge in [-0.3, -0.25) is 4.79 Å². The molecule has 146 valence electrons. The predicted octanol–water partition coefficient (Wildman–Crippen LogP) is 3.75. The normalized spacial score (nSPS) is 11.9. The minimum atomic E-state index is -0.372. The van der Waals surface area contributed by atoms with E-state index in [9.17, 15) is 9.18 Å². The molecule has 1 amide bonds. The molecule has 29 heavy (non-hydrogen) atoms. The number of nitrogens with one attached hydrogen (secondary N) is 1. The van der Waals surface area contributed by atoms with Gasteiger partial charge in [0.25, 0.3) is 0 Å². The van der Waals surface area contributed by atoms with Crippen LogP contribution in [-0.2, 0) is 11.3 Å². The molecule has 0 spiro atoms. The predicted molar refractivity (Wildman–Crippen MR) is 109 cm³/mol. The lowest BCUT2D eigenvalue weighted by Gasteiger charge is -2.18. The number of halogens is 1. The van der Waals surface area contributed by atoms with Gasteiger partial charge in [-0.05, 0) is 41.3 Å².